The van der Waals surface area contributed by atoms with Crippen molar-refractivity contribution in [3.8, 4) is 0 Å². The third-order valence-corrected chi connectivity index (χ3v) is 2.66. The Hall–Kier alpha value is -1.78. The monoisotopic (exact) mass is 219 g/mol. The molecule has 0 aliphatic carbocycles. The molecule has 2 aromatic rings. The Morgan fingerprint density at radius 3 is 2.38 bits per heavy atom. The summed E-state index contributed by atoms with van der Waals surface area (Å²) in [7, 11) is 3.89. The van der Waals surface area contributed by atoms with Crippen LogP contribution in [0, 0.1) is 13.8 Å². The molecule has 0 aliphatic rings. The van der Waals surface area contributed by atoms with E-state index in [1.165, 1.54) is 0 Å². The first-order valence-electron chi connectivity index (χ1n) is 5.30. The molecule has 0 radical (unpaired) electrons. The van der Waals surface area contributed by atoms with E-state index in [0.29, 0.717) is 0 Å². The number of nitrogens with one attached hydrogen (secondary N) is 1. The number of rotatable bonds is 3. The minimum atomic E-state index is 0.744. The van der Waals surface area contributed by atoms with Crippen LogP contribution in [0.3, 0.4) is 0 Å². The molecule has 0 aliphatic heterocycles. The van der Waals surface area contributed by atoms with Gasteiger partial charge >= 0.3 is 0 Å². The van der Waals surface area contributed by atoms with Gasteiger partial charge in [-0.3, -0.25) is 9.36 Å². The van der Waals surface area contributed by atoms with E-state index in [0.717, 1.165) is 29.4 Å². The second-order valence-corrected chi connectivity index (χ2v) is 4.05. The maximum Gasteiger partial charge on any atom is 0.148 e. The molecule has 0 unspecified atom stereocenters. The molecule has 5 heteroatoms. The molecule has 16 heavy (non-hydrogen) atoms. The summed E-state index contributed by atoms with van der Waals surface area (Å²) in [5.41, 5.74) is 3.33. The number of hydrogen-bond acceptors (Lipinski definition) is 3. The SMILES string of the molecule is Cc1cc(CNc2cc(C)n(C)n2)n(C)n1. The normalized spacial score (nSPS) is 10.8. The van der Waals surface area contributed by atoms with E-state index in [-0.39, 0.29) is 0 Å². The summed E-state index contributed by atoms with van der Waals surface area (Å²) in [5.74, 6) is 0.902. The molecular formula is C11H17N5. The highest BCUT2D eigenvalue weighted by Crippen LogP contribution is 2.09. The van der Waals surface area contributed by atoms with Crippen LogP contribution in [-0.4, -0.2) is 19.6 Å². The fourth-order valence-electron chi connectivity index (χ4n) is 1.66. The van der Waals surface area contributed by atoms with Gasteiger partial charge in [0.1, 0.15) is 5.82 Å². The van der Waals surface area contributed by atoms with Gasteiger partial charge in [-0.2, -0.15) is 10.2 Å². The van der Waals surface area contributed by atoms with E-state index < -0.39 is 0 Å². The van der Waals surface area contributed by atoms with E-state index in [1.54, 1.807) is 0 Å². The van der Waals surface area contributed by atoms with Gasteiger partial charge in [0.15, 0.2) is 0 Å². The standard InChI is InChI=1S/C11H17N5/c1-8-5-10(16(4)13-8)7-12-11-6-9(2)15(3)14-11/h5-6H,7H2,1-4H3,(H,12,14). The van der Waals surface area contributed by atoms with Crippen LogP contribution in [0.25, 0.3) is 0 Å². The van der Waals surface area contributed by atoms with Crippen LogP contribution in [0.5, 0.6) is 0 Å². The third kappa shape index (κ3) is 2.08. The van der Waals surface area contributed by atoms with E-state index in [1.807, 2.05) is 43.4 Å². The Bertz CT molecular complexity index is 475. The lowest BCUT2D eigenvalue weighted by Crippen LogP contribution is -2.06. The van der Waals surface area contributed by atoms with Gasteiger partial charge in [-0.15, -0.1) is 0 Å². The second kappa shape index (κ2) is 4.00. The minimum Gasteiger partial charge on any atom is -0.363 e. The first-order valence-corrected chi connectivity index (χ1v) is 5.30. The van der Waals surface area contributed by atoms with Gasteiger partial charge in [0.25, 0.3) is 0 Å². The first-order chi connectivity index (χ1) is 7.56. The number of anilines is 1. The zero-order valence-electron chi connectivity index (χ0n) is 10.2. The molecule has 0 bridgehead atoms. The summed E-state index contributed by atoms with van der Waals surface area (Å²) in [4.78, 5) is 0. The van der Waals surface area contributed by atoms with Crippen LogP contribution in [0.2, 0.25) is 0 Å². The minimum absolute atomic E-state index is 0.744. The Kier molecular flexibility index (Phi) is 2.68. The smallest absolute Gasteiger partial charge is 0.148 e. The summed E-state index contributed by atoms with van der Waals surface area (Å²) in [5, 5.41) is 11.9. The number of nitrogens with zero attached hydrogens (tertiary/aromatic N) is 4. The molecule has 2 aromatic heterocycles. The average molecular weight is 219 g/mol. The molecule has 0 fully saturated rings. The van der Waals surface area contributed by atoms with Crippen molar-refractivity contribution in [1.29, 1.82) is 0 Å². The molecule has 0 amide bonds. The molecule has 2 heterocycles. The van der Waals surface area contributed by atoms with Gasteiger partial charge in [0.05, 0.1) is 17.9 Å². The zero-order chi connectivity index (χ0) is 11.7. The van der Waals surface area contributed by atoms with E-state index in [9.17, 15) is 0 Å². The van der Waals surface area contributed by atoms with Gasteiger partial charge in [-0.25, -0.2) is 0 Å². The predicted octanol–water partition coefficient (Wildman–Crippen LogP) is 1.38. The Labute approximate surface area is 95.1 Å². The average Bonchev–Trinajstić information content (AvgIpc) is 2.68. The van der Waals surface area contributed by atoms with Gasteiger partial charge < -0.3 is 5.32 Å². The lowest BCUT2D eigenvalue weighted by Gasteiger charge is -2.02. The predicted molar refractivity (Wildman–Crippen MR) is 63.2 cm³/mol. The summed E-state index contributed by atoms with van der Waals surface area (Å²) < 4.78 is 3.74. The van der Waals surface area contributed by atoms with Gasteiger partial charge in [-0.05, 0) is 19.9 Å². The van der Waals surface area contributed by atoms with Crippen molar-refractivity contribution in [2.45, 2.75) is 20.4 Å². The molecule has 0 saturated heterocycles. The van der Waals surface area contributed by atoms with Crippen LogP contribution in [-0.2, 0) is 20.6 Å². The molecule has 0 aromatic carbocycles. The fourth-order valence-corrected chi connectivity index (χ4v) is 1.66. The molecule has 86 valence electrons. The lowest BCUT2D eigenvalue weighted by molar-refractivity contribution is 0.709. The number of aryl methyl sites for hydroxylation is 4. The third-order valence-electron chi connectivity index (χ3n) is 2.66. The molecular weight excluding hydrogens is 202 g/mol. The summed E-state index contributed by atoms with van der Waals surface area (Å²) in [6, 6.07) is 4.10. The van der Waals surface area contributed by atoms with Crippen molar-refractivity contribution in [2.24, 2.45) is 14.1 Å². The number of aromatic nitrogens is 4. The molecule has 2 rings (SSSR count). The summed E-state index contributed by atoms with van der Waals surface area (Å²) in [6.45, 7) is 4.77. The zero-order valence-corrected chi connectivity index (χ0v) is 10.2. The molecule has 0 saturated carbocycles. The highest BCUT2D eigenvalue weighted by molar-refractivity contribution is 5.36. The first kappa shape index (κ1) is 10.7. The van der Waals surface area contributed by atoms with Crippen LogP contribution in [0.15, 0.2) is 12.1 Å². The van der Waals surface area contributed by atoms with Gasteiger partial charge in [0.2, 0.25) is 0 Å². The topological polar surface area (TPSA) is 47.7 Å². The van der Waals surface area contributed by atoms with E-state index in [4.69, 9.17) is 0 Å². The molecule has 0 spiro atoms. The maximum absolute atomic E-state index is 4.34. The van der Waals surface area contributed by atoms with Crippen molar-refractivity contribution in [3.63, 3.8) is 0 Å². The molecule has 0 atom stereocenters. The highest BCUT2D eigenvalue weighted by Gasteiger charge is 2.04. The Morgan fingerprint density at radius 1 is 1.12 bits per heavy atom. The summed E-state index contributed by atoms with van der Waals surface area (Å²) >= 11 is 0. The highest BCUT2D eigenvalue weighted by atomic mass is 15.3. The van der Waals surface area contributed by atoms with Crippen molar-refractivity contribution >= 4 is 5.82 Å². The maximum atomic E-state index is 4.34. The van der Waals surface area contributed by atoms with Gasteiger partial charge in [-0.1, -0.05) is 0 Å². The Balaban J connectivity index is 2.04. The fraction of sp³-hybridized carbons (Fsp3) is 0.455. The van der Waals surface area contributed by atoms with Crippen LogP contribution >= 0.6 is 0 Å². The number of hydrogen-bond donors (Lipinski definition) is 1. The van der Waals surface area contributed by atoms with Crippen molar-refractivity contribution in [1.82, 2.24) is 19.6 Å². The molecule has 1 N–H and O–H groups in total. The lowest BCUT2D eigenvalue weighted by atomic mass is 10.3. The summed E-state index contributed by atoms with van der Waals surface area (Å²) in [6.07, 6.45) is 0. The largest absolute Gasteiger partial charge is 0.363 e. The van der Waals surface area contributed by atoms with Crippen molar-refractivity contribution in [2.75, 3.05) is 5.32 Å². The quantitative estimate of drug-likeness (QED) is 0.848. The van der Waals surface area contributed by atoms with Gasteiger partial charge in [0, 0.05) is 25.9 Å². The van der Waals surface area contributed by atoms with E-state index >= 15 is 0 Å². The van der Waals surface area contributed by atoms with Crippen LogP contribution < -0.4 is 5.32 Å². The Morgan fingerprint density at radius 2 is 1.88 bits per heavy atom. The van der Waals surface area contributed by atoms with Crippen LogP contribution in [0.1, 0.15) is 17.1 Å². The van der Waals surface area contributed by atoms with Crippen LogP contribution in [0.4, 0.5) is 5.82 Å². The van der Waals surface area contributed by atoms with Crippen molar-refractivity contribution in [3.05, 3.63) is 29.2 Å². The molecule has 5 nitrogen and oxygen atoms in total. The van der Waals surface area contributed by atoms with Crippen molar-refractivity contribution < 1.29 is 0 Å². The van der Waals surface area contributed by atoms with E-state index in [2.05, 4.69) is 21.6 Å². The second-order valence-electron chi connectivity index (χ2n) is 4.05.